The average Bonchev–Trinajstić information content (AvgIpc) is 3.33. The second kappa shape index (κ2) is 56.5. The van der Waals surface area contributed by atoms with E-state index in [1.54, 1.807) is 0 Å². The highest BCUT2D eigenvalue weighted by Crippen LogP contribution is 2.19. The predicted molar refractivity (Wildman–Crippen MR) is 297 cm³/mol. The molecule has 0 saturated carbocycles. The van der Waals surface area contributed by atoms with Crippen LogP contribution in [0.25, 0.3) is 0 Å². The zero-order chi connectivity index (χ0) is 49.5. The topological polar surface area (TPSA) is 95.9 Å². The van der Waals surface area contributed by atoms with E-state index in [0.29, 0.717) is 19.3 Å². The Hall–Kier alpha value is -1.40. The summed E-state index contributed by atoms with van der Waals surface area (Å²) >= 11 is 0. The van der Waals surface area contributed by atoms with E-state index in [1.165, 1.54) is 257 Å². The van der Waals surface area contributed by atoms with Crippen LogP contribution < -0.4 is 5.32 Å². The minimum atomic E-state index is -0.783. The molecule has 404 valence electrons. The first-order chi connectivity index (χ1) is 33.5. The van der Waals surface area contributed by atoms with Crippen LogP contribution >= 0.6 is 0 Å². The molecule has 0 aromatic carbocycles. The van der Waals surface area contributed by atoms with E-state index in [0.717, 1.165) is 44.9 Å². The zero-order valence-corrected chi connectivity index (χ0v) is 46.3. The lowest BCUT2D eigenvalue weighted by atomic mass is 10.0. The molecule has 0 aliphatic rings. The number of unbranched alkanes of at least 4 members (excludes halogenated alkanes) is 43. The Kier molecular flexibility index (Phi) is 55.3. The molecule has 6 heteroatoms. The van der Waals surface area contributed by atoms with Crippen LogP contribution in [0.15, 0.2) is 12.2 Å². The number of aliphatic hydroxyl groups is 2. The molecule has 3 atom stereocenters. The van der Waals surface area contributed by atoms with E-state index in [-0.39, 0.29) is 24.9 Å². The molecular formula is C62H121NO5. The number of hydrogen-bond donors (Lipinski definition) is 3. The Morgan fingerprint density at radius 1 is 0.412 bits per heavy atom. The van der Waals surface area contributed by atoms with Crippen molar-refractivity contribution in [1.82, 2.24) is 5.32 Å². The molecule has 0 aromatic rings. The normalized spacial score (nSPS) is 13.1. The fraction of sp³-hybridized carbons (Fsp3) is 0.935. The number of esters is 1. The van der Waals surface area contributed by atoms with E-state index in [2.05, 4.69) is 38.2 Å². The van der Waals surface area contributed by atoms with Crippen LogP contribution in [0.2, 0.25) is 0 Å². The Bertz CT molecular complexity index is 1030. The smallest absolute Gasteiger partial charge is 0.306 e. The average molecular weight is 961 g/mol. The lowest BCUT2D eigenvalue weighted by Gasteiger charge is -2.24. The van der Waals surface area contributed by atoms with Crippen LogP contribution in [0, 0.1) is 0 Å². The monoisotopic (exact) mass is 960 g/mol. The maximum Gasteiger partial charge on any atom is 0.306 e. The highest BCUT2D eigenvalue weighted by molar-refractivity contribution is 5.77. The van der Waals surface area contributed by atoms with Crippen molar-refractivity contribution in [3.8, 4) is 0 Å². The Morgan fingerprint density at radius 3 is 1.04 bits per heavy atom. The number of carbonyl (C=O) groups is 2. The van der Waals surface area contributed by atoms with Crippen LogP contribution in [-0.2, 0) is 14.3 Å². The number of nitrogens with one attached hydrogen (secondary N) is 1. The van der Waals surface area contributed by atoms with Crippen molar-refractivity contribution >= 4 is 11.9 Å². The summed E-state index contributed by atoms with van der Waals surface area (Å²) in [5.74, 6) is -0.449. The summed E-state index contributed by atoms with van der Waals surface area (Å²) in [5.41, 5.74) is 0. The summed E-state index contributed by atoms with van der Waals surface area (Å²) in [7, 11) is 0. The summed E-state index contributed by atoms with van der Waals surface area (Å²) in [5, 5.41) is 23.9. The maximum atomic E-state index is 13.3. The number of hydrogen-bond acceptors (Lipinski definition) is 5. The molecular weight excluding hydrogens is 839 g/mol. The minimum absolute atomic E-state index is 0.0853. The van der Waals surface area contributed by atoms with Crippen LogP contribution in [0.1, 0.15) is 348 Å². The fourth-order valence-electron chi connectivity index (χ4n) is 9.90. The van der Waals surface area contributed by atoms with Gasteiger partial charge in [0.15, 0.2) is 0 Å². The standard InChI is InChI=1S/C62H121NO5/c1-4-7-10-13-16-19-22-25-28-29-30-31-34-37-40-43-46-49-52-55-62(67)68-58(53-50-47-44-41-38-35-32-26-23-20-17-14-11-8-5-2)56-61(66)63-59(57-64)60(65)54-51-48-45-42-39-36-33-27-24-21-18-15-12-9-6-3/h25,28,58-60,64-65H,4-24,26-27,29-57H2,1-3H3,(H,63,66)/b28-25+. The number of aliphatic hydroxyl groups excluding tert-OH is 2. The SMILES string of the molecule is CCCCCCCC/C=C/CCCCCCCCCCCC(=O)OC(CCCCCCCCCCCCCCCCC)CC(=O)NC(CO)C(O)CCCCCCCCCCCCCCCCC. The van der Waals surface area contributed by atoms with Gasteiger partial charge >= 0.3 is 5.97 Å². The molecule has 6 nitrogen and oxygen atoms in total. The first-order valence-corrected chi connectivity index (χ1v) is 30.9. The third-order valence-corrected chi connectivity index (χ3v) is 14.6. The lowest BCUT2D eigenvalue weighted by molar-refractivity contribution is -0.151. The third-order valence-electron chi connectivity index (χ3n) is 14.6. The van der Waals surface area contributed by atoms with Gasteiger partial charge in [-0.3, -0.25) is 9.59 Å². The van der Waals surface area contributed by atoms with Crippen LogP contribution in [0.4, 0.5) is 0 Å². The van der Waals surface area contributed by atoms with Crippen molar-refractivity contribution in [2.24, 2.45) is 0 Å². The van der Waals surface area contributed by atoms with Gasteiger partial charge in [0.1, 0.15) is 6.10 Å². The van der Waals surface area contributed by atoms with E-state index in [1.807, 2.05) is 0 Å². The summed E-state index contributed by atoms with van der Waals surface area (Å²) in [6, 6.07) is -0.696. The molecule has 0 bridgehead atoms. The molecule has 0 aromatic heterocycles. The molecule has 0 rings (SSSR count). The van der Waals surface area contributed by atoms with Gasteiger partial charge in [0.2, 0.25) is 5.91 Å². The quantitative estimate of drug-likeness (QED) is 0.0321. The number of allylic oxidation sites excluding steroid dienone is 2. The largest absolute Gasteiger partial charge is 0.462 e. The van der Waals surface area contributed by atoms with Crippen molar-refractivity contribution < 1.29 is 24.5 Å². The summed E-state index contributed by atoms with van der Waals surface area (Å²) in [6.07, 6.45) is 65.7. The molecule has 0 spiro atoms. The molecule has 0 aliphatic carbocycles. The number of ether oxygens (including phenoxy) is 1. The molecule has 0 aliphatic heterocycles. The van der Waals surface area contributed by atoms with Crippen LogP contribution in [0.3, 0.4) is 0 Å². The molecule has 0 heterocycles. The highest BCUT2D eigenvalue weighted by atomic mass is 16.5. The van der Waals surface area contributed by atoms with Gasteiger partial charge in [-0.1, -0.05) is 296 Å². The van der Waals surface area contributed by atoms with Gasteiger partial charge in [0, 0.05) is 6.42 Å². The third kappa shape index (κ3) is 51.0. The molecule has 3 N–H and O–H groups in total. The highest BCUT2D eigenvalue weighted by Gasteiger charge is 2.24. The number of rotatable bonds is 57. The first-order valence-electron chi connectivity index (χ1n) is 30.9. The van der Waals surface area contributed by atoms with Crippen LogP contribution in [-0.4, -0.2) is 46.9 Å². The zero-order valence-electron chi connectivity index (χ0n) is 46.3. The first kappa shape index (κ1) is 66.6. The predicted octanol–water partition coefficient (Wildman–Crippen LogP) is 19.2. The van der Waals surface area contributed by atoms with Gasteiger partial charge < -0.3 is 20.3 Å². The van der Waals surface area contributed by atoms with Crippen LogP contribution in [0.5, 0.6) is 0 Å². The van der Waals surface area contributed by atoms with E-state index >= 15 is 0 Å². The van der Waals surface area contributed by atoms with Gasteiger partial charge in [-0.25, -0.2) is 0 Å². The summed E-state index contributed by atoms with van der Waals surface area (Å²) in [6.45, 7) is 6.54. The van der Waals surface area contributed by atoms with Crippen molar-refractivity contribution in [2.75, 3.05) is 6.61 Å². The van der Waals surface area contributed by atoms with E-state index < -0.39 is 18.2 Å². The second-order valence-corrected chi connectivity index (χ2v) is 21.5. The van der Waals surface area contributed by atoms with E-state index in [4.69, 9.17) is 4.74 Å². The van der Waals surface area contributed by atoms with Gasteiger partial charge in [0.25, 0.3) is 0 Å². The van der Waals surface area contributed by atoms with Gasteiger partial charge in [-0.15, -0.1) is 0 Å². The van der Waals surface area contributed by atoms with E-state index in [9.17, 15) is 19.8 Å². The van der Waals surface area contributed by atoms with Crippen molar-refractivity contribution in [1.29, 1.82) is 0 Å². The van der Waals surface area contributed by atoms with Gasteiger partial charge in [0.05, 0.1) is 25.2 Å². The summed E-state index contributed by atoms with van der Waals surface area (Å²) < 4.78 is 5.98. The second-order valence-electron chi connectivity index (χ2n) is 21.5. The molecule has 0 fully saturated rings. The Morgan fingerprint density at radius 2 is 0.706 bits per heavy atom. The molecule has 0 saturated heterocycles. The van der Waals surface area contributed by atoms with Crippen molar-refractivity contribution in [3.05, 3.63) is 12.2 Å². The molecule has 68 heavy (non-hydrogen) atoms. The fourth-order valence-corrected chi connectivity index (χ4v) is 9.90. The number of carbonyl (C=O) groups excluding carboxylic acids is 2. The van der Waals surface area contributed by atoms with Gasteiger partial charge in [-0.05, 0) is 51.4 Å². The summed E-state index contributed by atoms with van der Waals surface area (Å²) in [4.78, 5) is 26.3. The molecule has 3 unspecified atom stereocenters. The Labute approximate surface area is 425 Å². The van der Waals surface area contributed by atoms with Crippen molar-refractivity contribution in [2.45, 2.75) is 366 Å². The number of amides is 1. The minimum Gasteiger partial charge on any atom is -0.462 e. The lowest BCUT2D eigenvalue weighted by Crippen LogP contribution is -2.46. The molecule has 1 amide bonds. The van der Waals surface area contributed by atoms with Gasteiger partial charge in [-0.2, -0.15) is 0 Å². The Balaban J connectivity index is 4.47. The van der Waals surface area contributed by atoms with Crippen molar-refractivity contribution in [3.63, 3.8) is 0 Å². The molecule has 0 radical (unpaired) electrons. The maximum absolute atomic E-state index is 13.3.